The van der Waals surface area contributed by atoms with E-state index in [4.69, 9.17) is 21.4 Å². The topological polar surface area (TPSA) is 67.7 Å². The lowest BCUT2D eigenvalue weighted by molar-refractivity contribution is -0.134. The Balaban J connectivity index is 1.59. The number of carbonyl (C=O) groups is 2. The number of ether oxygens (including phenoxy) is 1. The third-order valence-corrected chi connectivity index (χ3v) is 8.62. The first-order valence-electron chi connectivity index (χ1n) is 13.0. The summed E-state index contributed by atoms with van der Waals surface area (Å²) in [5.41, 5.74) is 3.70. The van der Waals surface area contributed by atoms with Crippen molar-refractivity contribution < 1.29 is 18.7 Å². The number of hydrogen-bond acceptors (Lipinski definition) is 5. The second-order valence-electron chi connectivity index (χ2n) is 9.53. The summed E-state index contributed by atoms with van der Waals surface area (Å²) in [6.45, 7) is 1.72. The molecule has 2 aliphatic rings. The summed E-state index contributed by atoms with van der Waals surface area (Å²) in [6.07, 6.45) is 0. The molecule has 1 aromatic heterocycles. The van der Waals surface area contributed by atoms with Gasteiger partial charge in [-0.05, 0) is 29.8 Å². The van der Waals surface area contributed by atoms with Gasteiger partial charge in [0.25, 0.3) is 0 Å². The molecule has 4 aromatic rings. The van der Waals surface area contributed by atoms with Crippen molar-refractivity contribution in [3.63, 3.8) is 0 Å². The molecular formula is C30H26ClFN4O3S. The van der Waals surface area contributed by atoms with Gasteiger partial charge < -0.3 is 9.64 Å². The van der Waals surface area contributed by atoms with E-state index in [1.807, 2.05) is 48.5 Å². The van der Waals surface area contributed by atoms with Crippen LogP contribution in [0.4, 0.5) is 10.2 Å². The van der Waals surface area contributed by atoms with E-state index in [0.717, 1.165) is 16.7 Å². The number of amides is 2. The Labute approximate surface area is 240 Å². The maximum absolute atomic E-state index is 13.9. The number of carbonyl (C=O) groups excluding carboxylic acids is 2. The molecular weight excluding hydrogens is 551 g/mol. The number of hydrogen-bond donors (Lipinski definition) is 0. The first-order chi connectivity index (χ1) is 19.5. The van der Waals surface area contributed by atoms with Gasteiger partial charge >= 0.3 is 0 Å². The maximum Gasteiger partial charge on any atom is 0.242 e. The van der Waals surface area contributed by atoms with E-state index in [2.05, 4.69) is 0 Å². The van der Waals surface area contributed by atoms with Crippen molar-refractivity contribution in [2.24, 2.45) is 0 Å². The third-order valence-electron chi connectivity index (χ3n) is 7.05. The van der Waals surface area contributed by atoms with Crippen LogP contribution in [0.25, 0.3) is 16.9 Å². The van der Waals surface area contributed by atoms with Gasteiger partial charge in [0.05, 0.1) is 40.6 Å². The summed E-state index contributed by atoms with van der Waals surface area (Å²) < 4.78 is 21.0. The molecule has 40 heavy (non-hydrogen) atoms. The minimum absolute atomic E-state index is 0.129. The van der Waals surface area contributed by atoms with E-state index in [1.54, 1.807) is 27.8 Å². The van der Waals surface area contributed by atoms with Crippen molar-refractivity contribution in [1.29, 1.82) is 0 Å². The highest BCUT2D eigenvalue weighted by Gasteiger charge is 2.38. The molecule has 0 N–H and O–H groups in total. The highest BCUT2D eigenvalue weighted by Crippen LogP contribution is 2.48. The molecule has 0 bridgehead atoms. The number of aromatic nitrogens is 2. The number of para-hydroxylation sites is 1. The molecule has 1 saturated heterocycles. The predicted octanol–water partition coefficient (Wildman–Crippen LogP) is 5.36. The lowest BCUT2D eigenvalue weighted by Gasteiger charge is -2.30. The van der Waals surface area contributed by atoms with Gasteiger partial charge in [-0.3, -0.25) is 14.5 Å². The molecule has 0 radical (unpaired) electrons. The second kappa shape index (κ2) is 11.4. The van der Waals surface area contributed by atoms with Crippen LogP contribution in [-0.4, -0.2) is 65.1 Å². The Kier molecular flexibility index (Phi) is 7.60. The summed E-state index contributed by atoms with van der Waals surface area (Å²) in [6, 6.07) is 23.3. The first kappa shape index (κ1) is 26.6. The van der Waals surface area contributed by atoms with Crippen LogP contribution < -0.4 is 4.90 Å². The normalized spacial score (nSPS) is 17.4. The molecule has 0 saturated carbocycles. The van der Waals surface area contributed by atoms with Gasteiger partial charge in [-0.15, -0.1) is 11.8 Å². The van der Waals surface area contributed by atoms with E-state index >= 15 is 0 Å². The van der Waals surface area contributed by atoms with Crippen LogP contribution in [0.1, 0.15) is 16.4 Å². The maximum atomic E-state index is 13.9. The van der Waals surface area contributed by atoms with Gasteiger partial charge in [-0.25, -0.2) is 9.07 Å². The molecule has 0 spiro atoms. The fraction of sp³-hybridized carbons (Fsp3) is 0.233. The van der Waals surface area contributed by atoms with Crippen molar-refractivity contribution >= 4 is 41.0 Å². The zero-order valence-electron chi connectivity index (χ0n) is 21.5. The largest absolute Gasteiger partial charge is 0.378 e. The van der Waals surface area contributed by atoms with Gasteiger partial charge in [0.15, 0.2) is 0 Å². The third kappa shape index (κ3) is 5.12. The Morgan fingerprint density at radius 2 is 1.70 bits per heavy atom. The molecule has 1 fully saturated rings. The number of anilines is 1. The number of nitrogens with zero attached hydrogens (tertiary/aromatic N) is 4. The van der Waals surface area contributed by atoms with Crippen molar-refractivity contribution in [3.05, 3.63) is 101 Å². The minimum Gasteiger partial charge on any atom is -0.378 e. The van der Waals surface area contributed by atoms with Gasteiger partial charge in [-0.2, -0.15) is 5.10 Å². The van der Waals surface area contributed by atoms with Gasteiger partial charge in [-0.1, -0.05) is 66.2 Å². The highest BCUT2D eigenvalue weighted by molar-refractivity contribution is 8.00. The second-order valence-corrected chi connectivity index (χ2v) is 11.0. The van der Waals surface area contributed by atoms with Crippen LogP contribution in [0.2, 0.25) is 5.02 Å². The van der Waals surface area contributed by atoms with E-state index in [0.29, 0.717) is 48.5 Å². The highest BCUT2D eigenvalue weighted by atomic mass is 35.5. The monoisotopic (exact) mass is 576 g/mol. The molecule has 0 unspecified atom stereocenters. The smallest absolute Gasteiger partial charge is 0.242 e. The molecule has 3 heterocycles. The van der Waals surface area contributed by atoms with Gasteiger partial charge in [0.2, 0.25) is 11.8 Å². The van der Waals surface area contributed by atoms with Crippen LogP contribution in [0.3, 0.4) is 0 Å². The zero-order chi connectivity index (χ0) is 27.6. The van der Waals surface area contributed by atoms with Gasteiger partial charge in [0.1, 0.15) is 18.2 Å². The summed E-state index contributed by atoms with van der Waals surface area (Å²) >= 11 is 8.12. The van der Waals surface area contributed by atoms with Crippen LogP contribution in [0, 0.1) is 5.82 Å². The van der Waals surface area contributed by atoms with E-state index in [1.165, 1.54) is 28.8 Å². The molecule has 10 heteroatoms. The summed E-state index contributed by atoms with van der Waals surface area (Å²) in [5, 5.41) is 5.14. The quantitative estimate of drug-likeness (QED) is 0.320. The standard InChI is InChI=1S/C30H26ClFN4O3S/c31-23-8-4-5-9-24(23)36-30-27(28(33-36)20-6-2-1-3-7-20)29(21-10-12-22(32)13-11-21)40-19-26(38)35(30)18-25(37)34-14-16-39-17-15-34/h1-13,29H,14-19H2/t29-/m0/s1. The fourth-order valence-corrected chi connectivity index (χ4v) is 6.48. The van der Waals surface area contributed by atoms with Crippen LogP contribution in [0.5, 0.6) is 0 Å². The van der Waals surface area contributed by atoms with E-state index in [9.17, 15) is 14.0 Å². The van der Waals surface area contributed by atoms with E-state index in [-0.39, 0.29) is 35.2 Å². The molecule has 0 aliphatic carbocycles. The number of fused-ring (bicyclic) bond motifs is 1. The van der Waals surface area contributed by atoms with Crippen LogP contribution >= 0.6 is 23.4 Å². The zero-order valence-corrected chi connectivity index (χ0v) is 23.1. The molecule has 2 aliphatic heterocycles. The van der Waals surface area contributed by atoms with Crippen LogP contribution in [-0.2, 0) is 14.3 Å². The summed E-state index contributed by atoms with van der Waals surface area (Å²) in [7, 11) is 0. The minimum atomic E-state index is -0.352. The number of thioether (sulfide) groups is 1. The molecule has 7 nitrogen and oxygen atoms in total. The molecule has 204 valence electrons. The number of halogens is 2. The SMILES string of the molecule is O=C(CN1C(=O)CS[C@@H](c2ccc(F)cc2)c2c(-c3ccccc3)nn(-c3ccccc3Cl)c21)N1CCOCC1. The number of rotatable bonds is 5. The summed E-state index contributed by atoms with van der Waals surface area (Å²) in [4.78, 5) is 30.6. The van der Waals surface area contributed by atoms with Crippen molar-refractivity contribution in [2.45, 2.75) is 5.25 Å². The molecule has 1 atom stereocenters. The average Bonchev–Trinajstić information content (AvgIpc) is 3.31. The lowest BCUT2D eigenvalue weighted by Crippen LogP contribution is -2.48. The molecule has 6 rings (SSSR count). The predicted molar refractivity (Wildman–Crippen MR) is 154 cm³/mol. The fourth-order valence-electron chi connectivity index (χ4n) is 5.07. The Hall–Kier alpha value is -3.66. The summed E-state index contributed by atoms with van der Waals surface area (Å²) in [5.74, 6) is -0.111. The van der Waals surface area contributed by atoms with Crippen LogP contribution in [0.15, 0.2) is 78.9 Å². The average molecular weight is 577 g/mol. The Morgan fingerprint density at radius 3 is 2.42 bits per heavy atom. The van der Waals surface area contributed by atoms with Crippen molar-refractivity contribution in [1.82, 2.24) is 14.7 Å². The lowest BCUT2D eigenvalue weighted by atomic mass is 9.99. The van der Waals surface area contributed by atoms with Gasteiger partial charge in [0, 0.05) is 24.2 Å². The first-order valence-corrected chi connectivity index (χ1v) is 14.4. The molecule has 2 amide bonds. The van der Waals surface area contributed by atoms with Crippen molar-refractivity contribution in [2.75, 3.05) is 43.5 Å². The number of benzene rings is 3. The van der Waals surface area contributed by atoms with Crippen molar-refractivity contribution in [3.8, 4) is 16.9 Å². The Morgan fingerprint density at radius 1 is 1.00 bits per heavy atom. The number of morpholine rings is 1. The molecule has 3 aromatic carbocycles. The Bertz CT molecular complexity index is 1540. The van der Waals surface area contributed by atoms with E-state index < -0.39 is 0 Å².